The van der Waals surface area contributed by atoms with Gasteiger partial charge in [-0.05, 0) is 42.5 Å². The molecule has 0 aliphatic rings. The number of rotatable bonds is 6. The first-order valence-corrected chi connectivity index (χ1v) is 8.67. The standard InChI is InChI=1S/C19H16Cl2N2O4/c1-25-11-13-9-18(23(22-13)14-5-8-16(20)17(21)10-14)27-19(24)12-3-6-15(26-2)7-4-12/h3-10H,11H2,1-2H3. The van der Waals surface area contributed by atoms with Gasteiger partial charge < -0.3 is 14.2 Å². The third-order valence-electron chi connectivity index (χ3n) is 3.69. The smallest absolute Gasteiger partial charge is 0.344 e. The molecular formula is C19H16Cl2N2O4. The topological polar surface area (TPSA) is 62.6 Å². The Morgan fingerprint density at radius 3 is 2.41 bits per heavy atom. The van der Waals surface area contributed by atoms with Gasteiger partial charge in [-0.3, -0.25) is 0 Å². The summed E-state index contributed by atoms with van der Waals surface area (Å²) < 4.78 is 17.2. The first-order valence-electron chi connectivity index (χ1n) is 7.91. The molecule has 1 heterocycles. The second-order valence-corrected chi connectivity index (χ2v) is 6.35. The molecule has 0 bridgehead atoms. The minimum absolute atomic E-state index is 0.237. The Morgan fingerprint density at radius 1 is 1.04 bits per heavy atom. The van der Waals surface area contributed by atoms with Gasteiger partial charge in [0.15, 0.2) is 0 Å². The molecule has 0 aliphatic carbocycles. The molecule has 0 unspecified atom stereocenters. The first-order chi connectivity index (χ1) is 13.0. The number of benzene rings is 2. The zero-order valence-corrected chi connectivity index (χ0v) is 16.1. The molecule has 2 aromatic carbocycles. The Labute approximate surface area is 166 Å². The fourth-order valence-corrected chi connectivity index (χ4v) is 2.68. The zero-order valence-electron chi connectivity index (χ0n) is 14.6. The summed E-state index contributed by atoms with van der Waals surface area (Å²) in [6, 6.07) is 13.3. The number of carbonyl (C=O) groups excluding carboxylic acids is 1. The molecule has 0 saturated heterocycles. The molecule has 140 valence electrons. The van der Waals surface area contributed by atoms with Gasteiger partial charge in [0, 0.05) is 13.2 Å². The van der Waals surface area contributed by atoms with Crippen LogP contribution in [0.2, 0.25) is 10.0 Å². The molecule has 3 rings (SSSR count). The van der Waals surface area contributed by atoms with E-state index in [0.29, 0.717) is 32.7 Å². The second-order valence-electron chi connectivity index (χ2n) is 5.54. The van der Waals surface area contributed by atoms with Gasteiger partial charge in [-0.2, -0.15) is 5.10 Å². The molecule has 0 spiro atoms. The molecule has 27 heavy (non-hydrogen) atoms. The lowest BCUT2D eigenvalue weighted by molar-refractivity contribution is 0.0723. The number of aromatic nitrogens is 2. The van der Waals surface area contributed by atoms with Gasteiger partial charge in [0.05, 0.1) is 40.7 Å². The molecule has 6 nitrogen and oxygen atoms in total. The van der Waals surface area contributed by atoms with E-state index in [-0.39, 0.29) is 12.5 Å². The summed E-state index contributed by atoms with van der Waals surface area (Å²) in [5, 5.41) is 5.19. The van der Waals surface area contributed by atoms with Crippen LogP contribution in [-0.2, 0) is 11.3 Å². The predicted octanol–water partition coefficient (Wildman–Crippen LogP) is 4.55. The van der Waals surface area contributed by atoms with Crippen molar-refractivity contribution in [2.45, 2.75) is 6.61 Å². The van der Waals surface area contributed by atoms with Crippen LogP contribution in [0.5, 0.6) is 11.6 Å². The van der Waals surface area contributed by atoms with E-state index in [1.807, 2.05) is 0 Å². The highest BCUT2D eigenvalue weighted by Gasteiger charge is 2.17. The molecule has 0 aliphatic heterocycles. The SMILES string of the molecule is COCc1cc(OC(=O)c2ccc(OC)cc2)n(-c2ccc(Cl)c(Cl)c2)n1. The molecule has 1 aromatic heterocycles. The van der Waals surface area contributed by atoms with Crippen LogP contribution < -0.4 is 9.47 Å². The molecule has 0 fully saturated rings. The third kappa shape index (κ3) is 4.42. The lowest BCUT2D eigenvalue weighted by Gasteiger charge is -2.09. The molecule has 0 atom stereocenters. The van der Waals surface area contributed by atoms with Crippen molar-refractivity contribution in [3.05, 3.63) is 69.8 Å². The Bertz CT molecular complexity index is 955. The number of methoxy groups -OCH3 is 2. The van der Waals surface area contributed by atoms with Crippen molar-refractivity contribution >= 4 is 29.2 Å². The quantitative estimate of drug-likeness (QED) is 0.561. The van der Waals surface area contributed by atoms with Crippen molar-refractivity contribution in [3.63, 3.8) is 0 Å². The number of hydrogen-bond acceptors (Lipinski definition) is 5. The van der Waals surface area contributed by atoms with Crippen LogP contribution >= 0.6 is 23.2 Å². The molecule has 0 amide bonds. The van der Waals surface area contributed by atoms with E-state index in [0.717, 1.165) is 0 Å². The van der Waals surface area contributed by atoms with Crippen LogP contribution in [0.1, 0.15) is 16.1 Å². The van der Waals surface area contributed by atoms with E-state index < -0.39 is 5.97 Å². The molecule has 0 N–H and O–H groups in total. The average Bonchev–Trinajstić information content (AvgIpc) is 3.06. The van der Waals surface area contributed by atoms with E-state index in [4.69, 9.17) is 37.4 Å². The van der Waals surface area contributed by atoms with E-state index in [1.165, 1.54) is 4.68 Å². The Balaban J connectivity index is 1.93. The van der Waals surface area contributed by atoms with Crippen LogP contribution in [0.15, 0.2) is 48.5 Å². The van der Waals surface area contributed by atoms with Crippen molar-refractivity contribution in [1.82, 2.24) is 9.78 Å². The van der Waals surface area contributed by atoms with Gasteiger partial charge in [-0.25, -0.2) is 9.48 Å². The van der Waals surface area contributed by atoms with Gasteiger partial charge in [0.1, 0.15) is 5.75 Å². The van der Waals surface area contributed by atoms with E-state index in [1.54, 1.807) is 62.8 Å². The number of nitrogens with zero attached hydrogens (tertiary/aromatic N) is 2. The van der Waals surface area contributed by atoms with E-state index in [9.17, 15) is 4.79 Å². The summed E-state index contributed by atoms with van der Waals surface area (Å²) >= 11 is 12.1. The maximum absolute atomic E-state index is 12.5. The van der Waals surface area contributed by atoms with Crippen molar-refractivity contribution < 1.29 is 19.0 Å². The largest absolute Gasteiger partial charge is 0.497 e. The summed E-state index contributed by atoms with van der Waals surface area (Å²) in [6.07, 6.45) is 0. The Hall–Kier alpha value is -2.54. The van der Waals surface area contributed by atoms with Gasteiger partial charge >= 0.3 is 5.97 Å². The van der Waals surface area contributed by atoms with Crippen LogP contribution in [0.3, 0.4) is 0 Å². The minimum Gasteiger partial charge on any atom is -0.497 e. The lowest BCUT2D eigenvalue weighted by atomic mass is 10.2. The summed E-state index contributed by atoms with van der Waals surface area (Å²) in [6.45, 7) is 0.265. The molecular weight excluding hydrogens is 391 g/mol. The summed E-state index contributed by atoms with van der Waals surface area (Å²) in [7, 11) is 3.11. The van der Waals surface area contributed by atoms with E-state index in [2.05, 4.69) is 5.10 Å². The number of esters is 1. The molecule has 3 aromatic rings. The Kier molecular flexibility index (Phi) is 6.01. The van der Waals surface area contributed by atoms with Crippen molar-refractivity contribution in [2.24, 2.45) is 0 Å². The maximum atomic E-state index is 12.5. The van der Waals surface area contributed by atoms with Gasteiger partial charge in [0.25, 0.3) is 0 Å². The Morgan fingerprint density at radius 2 is 1.78 bits per heavy atom. The number of halogens is 2. The third-order valence-corrected chi connectivity index (χ3v) is 4.43. The first kappa shape index (κ1) is 19.2. The highest BCUT2D eigenvalue weighted by atomic mass is 35.5. The normalized spacial score (nSPS) is 10.7. The summed E-state index contributed by atoms with van der Waals surface area (Å²) in [5.41, 5.74) is 1.58. The molecule has 8 heteroatoms. The van der Waals surface area contributed by atoms with Gasteiger partial charge in [0.2, 0.25) is 5.88 Å². The van der Waals surface area contributed by atoms with Crippen LogP contribution in [0, 0.1) is 0 Å². The lowest BCUT2D eigenvalue weighted by Crippen LogP contribution is -2.11. The van der Waals surface area contributed by atoms with E-state index >= 15 is 0 Å². The average molecular weight is 407 g/mol. The monoisotopic (exact) mass is 406 g/mol. The highest BCUT2D eigenvalue weighted by molar-refractivity contribution is 6.42. The fourth-order valence-electron chi connectivity index (χ4n) is 2.38. The maximum Gasteiger partial charge on any atom is 0.344 e. The molecule has 0 radical (unpaired) electrons. The van der Waals surface area contributed by atoms with Crippen LogP contribution in [0.4, 0.5) is 0 Å². The van der Waals surface area contributed by atoms with Crippen LogP contribution in [0.25, 0.3) is 5.69 Å². The number of ether oxygens (including phenoxy) is 3. The highest BCUT2D eigenvalue weighted by Crippen LogP contribution is 2.27. The number of hydrogen-bond donors (Lipinski definition) is 0. The van der Waals surface area contributed by atoms with Gasteiger partial charge in [-0.1, -0.05) is 23.2 Å². The summed E-state index contributed by atoms with van der Waals surface area (Å²) in [4.78, 5) is 12.5. The fraction of sp³-hybridized carbons (Fsp3) is 0.158. The van der Waals surface area contributed by atoms with Crippen LogP contribution in [-0.4, -0.2) is 30.0 Å². The molecule has 0 saturated carbocycles. The van der Waals surface area contributed by atoms with Gasteiger partial charge in [-0.15, -0.1) is 0 Å². The van der Waals surface area contributed by atoms with Crippen molar-refractivity contribution in [2.75, 3.05) is 14.2 Å². The summed E-state index contributed by atoms with van der Waals surface area (Å²) in [5.74, 6) is 0.360. The predicted molar refractivity (Wildman–Crippen MR) is 102 cm³/mol. The van der Waals surface area contributed by atoms with Crippen molar-refractivity contribution in [1.29, 1.82) is 0 Å². The second kappa shape index (κ2) is 8.43. The number of carbonyl (C=O) groups is 1. The zero-order chi connectivity index (χ0) is 19.4. The minimum atomic E-state index is -0.525. The van der Waals surface area contributed by atoms with Crippen molar-refractivity contribution in [3.8, 4) is 17.3 Å².